The molecule has 3 nitrogen and oxygen atoms in total. The van der Waals surface area contributed by atoms with Crippen LogP contribution in [0.15, 0.2) is 15.4 Å². The summed E-state index contributed by atoms with van der Waals surface area (Å²) in [6.07, 6.45) is 1.51. The number of thioether (sulfide) groups is 1. The van der Waals surface area contributed by atoms with Crippen LogP contribution < -0.4 is 0 Å². The molecule has 1 aromatic heterocycles. The molecule has 0 radical (unpaired) electrons. The van der Waals surface area contributed by atoms with Gasteiger partial charge in [0.25, 0.3) is 0 Å². The Bertz CT molecular complexity index is 334. The number of oxime groups is 1. The number of nitrogens with zero attached hydrogens (tertiary/aromatic N) is 2. The maximum Gasteiger partial charge on any atom is 0.0753 e. The molecule has 15 heavy (non-hydrogen) atoms. The molecule has 0 spiro atoms. The molecule has 0 aliphatic rings. The molecule has 1 aromatic rings. The third-order valence-electron chi connectivity index (χ3n) is 1.72. The van der Waals surface area contributed by atoms with Gasteiger partial charge in [-0.25, -0.2) is 0 Å². The summed E-state index contributed by atoms with van der Waals surface area (Å²) in [5.74, 6) is 1.04. The smallest absolute Gasteiger partial charge is 0.0753 e. The lowest BCUT2D eigenvalue weighted by Crippen LogP contribution is -2.09. The van der Waals surface area contributed by atoms with Crippen molar-refractivity contribution in [2.45, 2.75) is 17.7 Å². The zero-order valence-electron chi connectivity index (χ0n) is 9.23. The molecule has 0 bridgehead atoms. The molecule has 0 saturated heterocycles. The zero-order chi connectivity index (χ0) is 11.3. The first kappa shape index (κ1) is 12.5. The van der Waals surface area contributed by atoms with Crippen molar-refractivity contribution in [1.82, 2.24) is 4.90 Å². The molecule has 84 valence electrons. The molecule has 0 fully saturated rings. The number of hydrogen-bond acceptors (Lipinski definition) is 5. The monoisotopic (exact) mass is 244 g/mol. The van der Waals surface area contributed by atoms with Crippen molar-refractivity contribution in [3.63, 3.8) is 0 Å². The van der Waals surface area contributed by atoms with Crippen molar-refractivity contribution < 1.29 is 5.21 Å². The highest BCUT2D eigenvalue weighted by Gasteiger charge is 2.08. The van der Waals surface area contributed by atoms with Gasteiger partial charge in [-0.3, -0.25) is 0 Å². The molecule has 1 rings (SSSR count). The number of rotatable bonds is 5. The van der Waals surface area contributed by atoms with Crippen LogP contribution in [-0.2, 0) is 6.54 Å². The van der Waals surface area contributed by atoms with Gasteiger partial charge in [-0.05, 0) is 25.9 Å². The minimum absolute atomic E-state index is 0.932. The average Bonchev–Trinajstić information content (AvgIpc) is 2.48. The first-order valence-electron chi connectivity index (χ1n) is 4.75. The first-order chi connectivity index (χ1) is 7.17. The van der Waals surface area contributed by atoms with E-state index >= 15 is 0 Å². The van der Waals surface area contributed by atoms with E-state index in [0.29, 0.717) is 0 Å². The lowest BCUT2D eigenvalue weighted by atomic mass is 10.3. The third kappa shape index (κ3) is 3.85. The Morgan fingerprint density at radius 3 is 2.87 bits per heavy atom. The van der Waals surface area contributed by atoms with Gasteiger partial charge in [0.2, 0.25) is 0 Å². The Morgan fingerprint density at radius 2 is 2.33 bits per heavy atom. The van der Waals surface area contributed by atoms with Crippen LogP contribution in [0, 0.1) is 0 Å². The molecular formula is C10H16N2OS2. The van der Waals surface area contributed by atoms with E-state index in [-0.39, 0.29) is 0 Å². The molecule has 0 aromatic carbocycles. The Hall–Kier alpha value is -0.520. The standard InChI is InChI=1S/C10H16N2OS2/c1-4-14-10-8(6-11-13)5-9(15-10)7-12(2)3/h5-6,13H,4,7H2,1-3H3/b11-6-. The van der Waals surface area contributed by atoms with E-state index < -0.39 is 0 Å². The minimum Gasteiger partial charge on any atom is -0.411 e. The summed E-state index contributed by atoms with van der Waals surface area (Å²) < 4.78 is 1.23. The highest BCUT2D eigenvalue weighted by molar-refractivity contribution is 8.01. The van der Waals surface area contributed by atoms with E-state index in [9.17, 15) is 0 Å². The van der Waals surface area contributed by atoms with Crippen molar-refractivity contribution in [1.29, 1.82) is 0 Å². The highest BCUT2D eigenvalue weighted by Crippen LogP contribution is 2.31. The van der Waals surface area contributed by atoms with Crippen molar-refractivity contribution in [3.8, 4) is 0 Å². The Kier molecular flexibility index (Phi) is 5.14. The van der Waals surface area contributed by atoms with Gasteiger partial charge in [0.1, 0.15) is 0 Å². The van der Waals surface area contributed by atoms with Gasteiger partial charge in [0.05, 0.1) is 10.4 Å². The van der Waals surface area contributed by atoms with Gasteiger partial charge in [-0.1, -0.05) is 12.1 Å². The quantitative estimate of drug-likeness (QED) is 0.374. The molecule has 1 N–H and O–H groups in total. The van der Waals surface area contributed by atoms with Gasteiger partial charge in [-0.15, -0.1) is 23.1 Å². The normalized spacial score (nSPS) is 11.7. The summed E-state index contributed by atoms with van der Waals surface area (Å²) in [5, 5.41) is 11.7. The molecule has 0 aliphatic heterocycles. The van der Waals surface area contributed by atoms with Crippen LogP contribution in [-0.4, -0.2) is 36.2 Å². The summed E-state index contributed by atoms with van der Waals surface area (Å²) in [4.78, 5) is 3.43. The SMILES string of the molecule is CCSc1sc(CN(C)C)cc1/C=N\O. The Labute approximate surface area is 98.8 Å². The van der Waals surface area contributed by atoms with Gasteiger partial charge >= 0.3 is 0 Å². The van der Waals surface area contributed by atoms with E-state index in [2.05, 4.69) is 23.0 Å². The van der Waals surface area contributed by atoms with Crippen molar-refractivity contribution in [3.05, 3.63) is 16.5 Å². The minimum atomic E-state index is 0.932. The van der Waals surface area contributed by atoms with E-state index in [0.717, 1.165) is 17.9 Å². The maximum absolute atomic E-state index is 8.56. The van der Waals surface area contributed by atoms with E-state index in [1.807, 2.05) is 14.1 Å². The Balaban J connectivity index is 2.87. The van der Waals surface area contributed by atoms with Crippen LogP contribution in [0.5, 0.6) is 0 Å². The fourth-order valence-electron chi connectivity index (χ4n) is 1.23. The average molecular weight is 244 g/mol. The molecule has 1 heterocycles. The summed E-state index contributed by atoms with van der Waals surface area (Å²) >= 11 is 3.56. The van der Waals surface area contributed by atoms with Crippen LogP contribution in [0.25, 0.3) is 0 Å². The van der Waals surface area contributed by atoms with Gasteiger partial charge in [0, 0.05) is 17.0 Å². The number of thiophene rings is 1. The second kappa shape index (κ2) is 6.15. The van der Waals surface area contributed by atoms with E-state index in [1.165, 1.54) is 15.3 Å². The molecule has 0 aliphatic carbocycles. The highest BCUT2D eigenvalue weighted by atomic mass is 32.2. The molecule has 0 amide bonds. The number of hydrogen-bond donors (Lipinski definition) is 1. The van der Waals surface area contributed by atoms with Gasteiger partial charge < -0.3 is 10.1 Å². The molecule has 5 heteroatoms. The van der Waals surface area contributed by atoms with Gasteiger partial charge in [-0.2, -0.15) is 0 Å². The summed E-state index contributed by atoms with van der Waals surface area (Å²) in [7, 11) is 4.10. The topological polar surface area (TPSA) is 35.8 Å². The lowest BCUT2D eigenvalue weighted by Gasteiger charge is -2.05. The molecular weight excluding hydrogens is 228 g/mol. The Morgan fingerprint density at radius 1 is 1.60 bits per heavy atom. The van der Waals surface area contributed by atoms with Crippen LogP contribution in [0.2, 0.25) is 0 Å². The van der Waals surface area contributed by atoms with Crippen molar-refractivity contribution in [2.24, 2.45) is 5.16 Å². The summed E-state index contributed by atoms with van der Waals surface area (Å²) in [5.41, 5.74) is 1.02. The van der Waals surface area contributed by atoms with Crippen molar-refractivity contribution in [2.75, 3.05) is 19.8 Å². The van der Waals surface area contributed by atoms with Crippen LogP contribution in [0.3, 0.4) is 0 Å². The second-order valence-corrected chi connectivity index (χ2v) is 6.04. The second-order valence-electron chi connectivity index (χ2n) is 3.37. The van der Waals surface area contributed by atoms with Crippen LogP contribution in [0.1, 0.15) is 17.4 Å². The molecule has 0 unspecified atom stereocenters. The predicted octanol–water partition coefficient (Wildman–Crippen LogP) is 2.73. The molecule has 0 saturated carbocycles. The zero-order valence-corrected chi connectivity index (χ0v) is 10.9. The maximum atomic E-state index is 8.56. The van der Waals surface area contributed by atoms with Crippen molar-refractivity contribution >= 4 is 29.3 Å². The van der Waals surface area contributed by atoms with E-state index in [4.69, 9.17) is 5.21 Å². The molecule has 0 atom stereocenters. The largest absolute Gasteiger partial charge is 0.411 e. The van der Waals surface area contributed by atoms with Gasteiger partial charge in [0.15, 0.2) is 0 Å². The predicted molar refractivity (Wildman–Crippen MR) is 67.5 cm³/mol. The van der Waals surface area contributed by atoms with E-state index in [1.54, 1.807) is 23.1 Å². The van der Waals surface area contributed by atoms with Crippen LogP contribution in [0.4, 0.5) is 0 Å². The fourth-order valence-corrected chi connectivity index (χ4v) is 3.65. The lowest BCUT2D eigenvalue weighted by molar-refractivity contribution is 0.322. The fraction of sp³-hybridized carbons (Fsp3) is 0.500. The summed E-state index contributed by atoms with van der Waals surface area (Å²) in [6.45, 7) is 3.05. The third-order valence-corrected chi connectivity index (χ3v) is 4.04. The van der Waals surface area contributed by atoms with Crippen LogP contribution >= 0.6 is 23.1 Å². The first-order valence-corrected chi connectivity index (χ1v) is 6.55. The summed E-state index contributed by atoms with van der Waals surface area (Å²) in [6, 6.07) is 2.09.